The van der Waals surface area contributed by atoms with Gasteiger partial charge in [-0.2, -0.15) is 4.31 Å². The van der Waals surface area contributed by atoms with Crippen LogP contribution in [0.15, 0.2) is 23.1 Å². The van der Waals surface area contributed by atoms with Gasteiger partial charge >= 0.3 is 0 Å². The first kappa shape index (κ1) is 22.4. The van der Waals surface area contributed by atoms with E-state index < -0.39 is 31.8 Å². The van der Waals surface area contributed by atoms with E-state index in [9.17, 15) is 26.0 Å². The van der Waals surface area contributed by atoms with Crippen molar-refractivity contribution >= 4 is 37.6 Å². The van der Waals surface area contributed by atoms with E-state index >= 15 is 0 Å². The summed E-state index contributed by atoms with van der Waals surface area (Å²) in [4.78, 5) is 14.3. The molecular formula is C17H23ClFN3O5S2. The van der Waals surface area contributed by atoms with Gasteiger partial charge in [0.25, 0.3) is 0 Å². The van der Waals surface area contributed by atoms with Gasteiger partial charge in [0, 0.05) is 39.3 Å². The zero-order valence-corrected chi connectivity index (χ0v) is 18.3. The third-order valence-corrected chi connectivity index (χ3v) is 8.74. The Kier molecular flexibility index (Phi) is 6.54. The molecule has 3 rings (SSSR count). The van der Waals surface area contributed by atoms with Crippen molar-refractivity contribution in [2.45, 2.75) is 17.7 Å². The molecule has 0 spiro atoms. The molecule has 162 valence electrons. The van der Waals surface area contributed by atoms with Crippen molar-refractivity contribution in [1.29, 1.82) is 0 Å². The van der Waals surface area contributed by atoms with Crippen LogP contribution in [0.2, 0.25) is 5.02 Å². The van der Waals surface area contributed by atoms with Crippen molar-refractivity contribution in [2.75, 3.05) is 45.5 Å². The summed E-state index contributed by atoms with van der Waals surface area (Å²) in [6.07, 6.45) is 2.35. The number of sulfonamides is 2. The molecule has 0 radical (unpaired) electrons. The monoisotopic (exact) mass is 467 g/mol. The molecule has 0 aliphatic carbocycles. The number of hydrogen-bond acceptors (Lipinski definition) is 5. The van der Waals surface area contributed by atoms with Gasteiger partial charge in [0.15, 0.2) is 0 Å². The van der Waals surface area contributed by atoms with E-state index in [2.05, 4.69) is 0 Å². The van der Waals surface area contributed by atoms with E-state index in [4.69, 9.17) is 11.6 Å². The van der Waals surface area contributed by atoms with Gasteiger partial charge in [-0.25, -0.2) is 25.5 Å². The number of amides is 1. The minimum Gasteiger partial charge on any atom is -0.340 e. The zero-order valence-electron chi connectivity index (χ0n) is 15.9. The summed E-state index contributed by atoms with van der Waals surface area (Å²) >= 11 is 5.70. The quantitative estimate of drug-likeness (QED) is 0.658. The lowest BCUT2D eigenvalue weighted by atomic mass is 9.98. The Morgan fingerprint density at radius 2 is 1.72 bits per heavy atom. The highest BCUT2D eigenvalue weighted by atomic mass is 35.5. The Bertz CT molecular complexity index is 994. The summed E-state index contributed by atoms with van der Waals surface area (Å²) < 4.78 is 64.9. The number of benzene rings is 1. The van der Waals surface area contributed by atoms with Crippen molar-refractivity contribution in [3.05, 3.63) is 29.0 Å². The van der Waals surface area contributed by atoms with E-state index in [1.165, 1.54) is 8.61 Å². The van der Waals surface area contributed by atoms with Crippen LogP contribution in [0.1, 0.15) is 12.8 Å². The average molecular weight is 468 g/mol. The third-order valence-electron chi connectivity index (χ3n) is 5.28. The van der Waals surface area contributed by atoms with Gasteiger partial charge in [-0.15, -0.1) is 0 Å². The highest BCUT2D eigenvalue weighted by Crippen LogP contribution is 2.25. The molecule has 0 N–H and O–H groups in total. The van der Waals surface area contributed by atoms with E-state index in [-0.39, 0.29) is 48.5 Å². The molecule has 2 aliphatic heterocycles. The van der Waals surface area contributed by atoms with Gasteiger partial charge < -0.3 is 4.90 Å². The lowest BCUT2D eigenvalue weighted by Crippen LogP contribution is -2.53. The van der Waals surface area contributed by atoms with Crippen LogP contribution in [0, 0.1) is 11.7 Å². The fourth-order valence-electron chi connectivity index (χ4n) is 3.64. The van der Waals surface area contributed by atoms with Crippen molar-refractivity contribution in [3.63, 3.8) is 0 Å². The number of carbonyl (C=O) groups excluding carboxylic acids is 1. The van der Waals surface area contributed by atoms with Gasteiger partial charge in [0.1, 0.15) is 5.82 Å². The minimum atomic E-state index is -3.85. The molecule has 0 bridgehead atoms. The zero-order chi connectivity index (χ0) is 21.4. The summed E-state index contributed by atoms with van der Waals surface area (Å²) in [6, 6.07) is 3.24. The average Bonchev–Trinajstić information content (AvgIpc) is 2.69. The summed E-state index contributed by atoms with van der Waals surface area (Å²) in [5.41, 5.74) is 0. The molecule has 1 amide bonds. The first-order valence-corrected chi connectivity index (χ1v) is 12.9. The molecule has 8 nitrogen and oxygen atoms in total. The van der Waals surface area contributed by atoms with Crippen molar-refractivity contribution < 1.29 is 26.0 Å². The van der Waals surface area contributed by atoms with Gasteiger partial charge in [-0.05, 0) is 31.0 Å². The van der Waals surface area contributed by atoms with Crippen LogP contribution >= 0.6 is 11.6 Å². The topological polar surface area (TPSA) is 95.1 Å². The summed E-state index contributed by atoms with van der Waals surface area (Å²) in [7, 11) is -7.20. The van der Waals surface area contributed by atoms with Crippen molar-refractivity contribution in [1.82, 2.24) is 13.5 Å². The summed E-state index contributed by atoms with van der Waals surface area (Å²) in [5.74, 6) is -1.27. The Hall–Kier alpha value is -1.27. The Balaban J connectivity index is 1.64. The van der Waals surface area contributed by atoms with E-state index in [1.807, 2.05) is 0 Å². The molecule has 2 fully saturated rings. The molecular weight excluding hydrogens is 445 g/mol. The normalized spacial score (nSPS) is 22.6. The molecule has 0 saturated carbocycles. The fraction of sp³-hybridized carbons (Fsp3) is 0.588. The number of piperazine rings is 1. The van der Waals surface area contributed by atoms with Crippen LogP contribution in [0.25, 0.3) is 0 Å². The fourth-order valence-corrected chi connectivity index (χ4v) is 6.24. The van der Waals surface area contributed by atoms with Crippen LogP contribution in [0.4, 0.5) is 4.39 Å². The second-order valence-corrected chi connectivity index (χ2v) is 11.6. The number of halogens is 2. The molecule has 0 aromatic heterocycles. The third kappa shape index (κ3) is 4.91. The van der Waals surface area contributed by atoms with Crippen LogP contribution in [-0.4, -0.2) is 81.8 Å². The number of rotatable bonds is 4. The Morgan fingerprint density at radius 3 is 2.31 bits per heavy atom. The van der Waals surface area contributed by atoms with Crippen LogP contribution in [0.3, 0.4) is 0 Å². The van der Waals surface area contributed by atoms with Crippen molar-refractivity contribution in [3.8, 4) is 0 Å². The highest BCUT2D eigenvalue weighted by molar-refractivity contribution is 7.89. The predicted molar refractivity (Wildman–Crippen MR) is 106 cm³/mol. The number of nitrogens with zero attached hydrogens (tertiary/aromatic N) is 3. The molecule has 29 heavy (non-hydrogen) atoms. The first-order chi connectivity index (χ1) is 13.5. The highest BCUT2D eigenvalue weighted by Gasteiger charge is 2.35. The van der Waals surface area contributed by atoms with Crippen molar-refractivity contribution in [2.24, 2.45) is 5.92 Å². The Morgan fingerprint density at radius 1 is 1.07 bits per heavy atom. The second kappa shape index (κ2) is 8.46. The lowest BCUT2D eigenvalue weighted by molar-refractivity contribution is -0.137. The van der Waals surface area contributed by atoms with Crippen LogP contribution in [0.5, 0.6) is 0 Å². The Labute approximate surface area is 175 Å². The molecule has 1 aromatic rings. The lowest BCUT2D eigenvalue weighted by Gasteiger charge is -2.38. The van der Waals surface area contributed by atoms with Gasteiger partial charge in [0.05, 0.1) is 22.1 Å². The molecule has 2 heterocycles. The van der Waals surface area contributed by atoms with Gasteiger partial charge in [-0.3, -0.25) is 4.79 Å². The van der Waals surface area contributed by atoms with Gasteiger partial charge in [0.2, 0.25) is 26.0 Å². The number of piperidine rings is 1. The maximum absolute atomic E-state index is 13.3. The summed E-state index contributed by atoms with van der Waals surface area (Å²) in [5, 5.41) is -0.271. The molecule has 0 unspecified atom stereocenters. The maximum atomic E-state index is 13.3. The maximum Gasteiger partial charge on any atom is 0.243 e. The predicted octanol–water partition coefficient (Wildman–Crippen LogP) is 0.984. The first-order valence-electron chi connectivity index (χ1n) is 9.19. The standard InChI is InChI=1S/C17H23ClFN3O5S2/c1-28(24,25)22-6-2-3-13(12-22)17(23)20-7-9-21(10-8-20)29(26,27)14-4-5-16(19)15(18)11-14/h4-5,11,13H,2-3,6-10,12H2,1H3/t13-/m0/s1. The minimum absolute atomic E-state index is 0.0975. The SMILES string of the molecule is CS(=O)(=O)N1CCC[C@H](C(=O)N2CCN(S(=O)(=O)c3ccc(F)c(Cl)c3)CC2)C1. The molecule has 2 saturated heterocycles. The van der Waals surface area contributed by atoms with E-state index in [1.54, 1.807) is 4.90 Å². The molecule has 2 aliphatic rings. The largest absolute Gasteiger partial charge is 0.340 e. The van der Waals surface area contributed by atoms with E-state index in [0.29, 0.717) is 19.4 Å². The smallest absolute Gasteiger partial charge is 0.243 e. The number of carbonyl (C=O) groups is 1. The molecule has 12 heteroatoms. The summed E-state index contributed by atoms with van der Waals surface area (Å²) in [6.45, 7) is 1.20. The van der Waals surface area contributed by atoms with Crippen LogP contribution < -0.4 is 0 Å². The van der Waals surface area contributed by atoms with Crippen LogP contribution in [-0.2, 0) is 24.8 Å². The number of hydrogen-bond donors (Lipinski definition) is 0. The second-order valence-electron chi connectivity index (χ2n) is 7.27. The molecule has 1 aromatic carbocycles. The molecule has 1 atom stereocenters. The van der Waals surface area contributed by atoms with E-state index in [0.717, 1.165) is 24.5 Å². The van der Waals surface area contributed by atoms with Gasteiger partial charge in [-0.1, -0.05) is 11.6 Å².